The molecule has 0 saturated heterocycles. The summed E-state index contributed by atoms with van der Waals surface area (Å²) in [6, 6.07) is 25.7. The Kier molecular flexibility index (Phi) is 10.2. The van der Waals surface area contributed by atoms with Crippen molar-refractivity contribution in [1.82, 2.24) is 4.90 Å². The van der Waals surface area contributed by atoms with Gasteiger partial charge in [0.05, 0.1) is 30.6 Å². The SMILES string of the molecule is O=C1CCC(N2Cc3cc(OCCCOCCOc4ccc(Oc5c(-c6ccc(Br)cc6)sc6cc(O)ccc56)cc4)ccc3C2=O)C(=O)C1. The Morgan fingerprint density at radius 1 is 0.820 bits per heavy atom. The number of rotatable bonds is 13. The van der Waals surface area contributed by atoms with Crippen molar-refractivity contribution in [1.29, 1.82) is 0 Å². The molecule has 50 heavy (non-hydrogen) atoms. The number of phenols is 1. The minimum Gasteiger partial charge on any atom is -0.508 e. The molecule has 2 heterocycles. The van der Waals surface area contributed by atoms with E-state index in [2.05, 4.69) is 15.9 Å². The highest BCUT2D eigenvalue weighted by molar-refractivity contribution is 9.10. The molecule has 2 aliphatic rings. The quantitative estimate of drug-likeness (QED) is 0.0944. The molecule has 1 aliphatic carbocycles. The van der Waals surface area contributed by atoms with Crippen molar-refractivity contribution >= 4 is 54.8 Å². The third-order valence-corrected chi connectivity index (χ3v) is 10.4. The lowest BCUT2D eigenvalue weighted by Crippen LogP contribution is -2.44. The van der Waals surface area contributed by atoms with Crippen LogP contribution in [0, 0.1) is 0 Å². The van der Waals surface area contributed by atoms with Crippen LogP contribution in [0.2, 0.25) is 0 Å². The van der Waals surface area contributed by atoms with Crippen molar-refractivity contribution in [3.8, 4) is 39.2 Å². The van der Waals surface area contributed by atoms with Crippen LogP contribution < -0.4 is 14.2 Å². The fourth-order valence-electron chi connectivity index (χ4n) is 6.20. The molecule has 4 aromatic carbocycles. The van der Waals surface area contributed by atoms with Crippen molar-refractivity contribution in [2.75, 3.05) is 26.4 Å². The van der Waals surface area contributed by atoms with Crippen LogP contribution in [0.25, 0.3) is 20.5 Å². The van der Waals surface area contributed by atoms with E-state index >= 15 is 0 Å². The molecule has 0 radical (unpaired) electrons. The van der Waals surface area contributed by atoms with Gasteiger partial charge in [-0.2, -0.15) is 0 Å². The van der Waals surface area contributed by atoms with Gasteiger partial charge in [-0.25, -0.2) is 0 Å². The van der Waals surface area contributed by atoms with E-state index in [1.807, 2.05) is 60.7 Å². The van der Waals surface area contributed by atoms with Gasteiger partial charge in [-0.15, -0.1) is 11.3 Å². The first kappa shape index (κ1) is 33.8. The standard InChI is InChI=1S/C39H34BrNO8S/c40-26-4-2-24(3-5-26)38-37(33-13-6-28(43)22-36(33)50-38)49-30-10-8-29(9-11-30)48-19-18-46-16-1-17-47-31-12-14-32-25(20-31)23-41(39(32)45)34-15-7-27(42)21-35(34)44/h2-6,8-14,20,22,34,43H,1,7,15-19,21,23H2. The van der Waals surface area contributed by atoms with Gasteiger partial charge in [-0.1, -0.05) is 28.1 Å². The zero-order valence-electron chi connectivity index (χ0n) is 27.1. The highest BCUT2D eigenvalue weighted by atomic mass is 79.9. The molecule has 1 saturated carbocycles. The minimum atomic E-state index is -0.529. The van der Waals surface area contributed by atoms with Crippen molar-refractivity contribution in [3.05, 3.63) is 101 Å². The van der Waals surface area contributed by atoms with Crippen LogP contribution in [0.4, 0.5) is 0 Å². The number of halogens is 1. The molecular formula is C39H34BrNO8S. The van der Waals surface area contributed by atoms with Gasteiger partial charge in [0, 0.05) is 46.1 Å². The Balaban J connectivity index is 0.841. The number of phenolic OH excluding ortho intramolecular Hbond substituents is 1. The zero-order chi connectivity index (χ0) is 34.6. The number of carbonyl (C=O) groups excluding carboxylic acids is 3. The normalized spacial score (nSPS) is 15.8. The van der Waals surface area contributed by atoms with E-state index < -0.39 is 6.04 Å². The van der Waals surface area contributed by atoms with Crippen LogP contribution in [0.5, 0.6) is 28.7 Å². The van der Waals surface area contributed by atoms with E-state index in [0.717, 1.165) is 36.3 Å². The number of benzene rings is 4. The highest BCUT2D eigenvalue weighted by Gasteiger charge is 2.39. The molecule has 11 heteroatoms. The number of thiophene rings is 1. The Hall–Kier alpha value is -4.71. The molecule has 1 fully saturated rings. The van der Waals surface area contributed by atoms with E-state index in [-0.39, 0.29) is 29.6 Å². The van der Waals surface area contributed by atoms with E-state index in [0.29, 0.717) is 75.0 Å². The Morgan fingerprint density at radius 2 is 1.58 bits per heavy atom. The van der Waals surface area contributed by atoms with Crippen molar-refractivity contribution < 1.29 is 38.4 Å². The third-order valence-electron chi connectivity index (χ3n) is 8.70. The Morgan fingerprint density at radius 3 is 2.38 bits per heavy atom. The predicted octanol–water partition coefficient (Wildman–Crippen LogP) is 8.34. The minimum absolute atomic E-state index is 0.0563. The molecule has 256 valence electrons. The summed E-state index contributed by atoms with van der Waals surface area (Å²) in [6.07, 6.45) is 1.31. The molecule has 1 aromatic heterocycles. The maximum Gasteiger partial charge on any atom is 0.255 e. The van der Waals surface area contributed by atoms with E-state index in [9.17, 15) is 19.5 Å². The van der Waals surface area contributed by atoms with Crippen LogP contribution in [-0.2, 0) is 20.9 Å². The number of nitrogens with zero attached hydrogens (tertiary/aromatic N) is 1. The monoisotopic (exact) mass is 755 g/mol. The number of amides is 1. The summed E-state index contributed by atoms with van der Waals surface area (Å²) in [7, 11) is 0. The second kappa shape index (κ2) is 15.0. The molecule has 1 amide bonds. The van der Waals surface area contributed by atoms with E-state index in [1.54, 1.807) is 40.5 Å². The first-order valence-electron chi connectivity index (χ1n) is 16.4. The number of hydrogen-bond acceptors (Lipinski definition) is 9. The lowest BCUT2D eigenvalue weighted by atomic mass is 9.92. The molecular weight excluding hydrogens is 722 g/mol. The van der Waals surface area contributed by atoms with Crippen LogP contribution in [-0.4, -0.2) is 59.9 Å². The largest absolute Gasteiger partial charge is 0.508 e. The maximum absolute atomic E-state index is 12.9. The summed E-state index contributed by atoms with van der Waals surface area (Å²) < 4.78 is 25.8. The molecule has 1 N–H and O–H groups in total. The van der Waals surface area contributed by atoms with Gasteiger partial charge < -0.3 is 29.0 Å². The number of hydrogen-bond donors (Lipinski definition) is 1. The highest BCUT2D eigenvalue weighted by Crippen LogP contribution is 2.47. The van der Waals surface area contributed by atoms with Gasteiger partial charge >= 0.3 is 0 Å². The van der Waals surface area contributed by atoms with Crippen molar-refractivity contribution in [2.24, 2.45) is 0 Å². The van der Waals surface area contributed by atoms with Crippen LogP contribution in [0.15, 0.2) is 89.4 Å². The van der Waals surface area contributed by atoms with Gasteiger partial charge in [0.2, 0.25) is 0 Å². The smallest absolute Gasteiger partial charge is 0.255 e. The molecule has 7 rings (SSSR count). The molecule has 1 atom stereocenters. The van der Waals surface area contributed by atoms with Crippen LogP contribution >= 0.6 is 27.3 Å². The average molecular weight is 757 g/mol. The average Bonchev–Trinajstić information content (AvgIpc) is 3.63. The number of carbonyl (C=O) groups is 3. The molecule has 0 bridgehead atoms. The molecule has 9 nitrogen and oxygen atoms in total. The summed E-state index contributed by atoms with van der Waals surface area (Å²) >= 11 is 5.07. The number of ether oxygens (including phenoxy) is 4. The molecule has 1 unspecified atom stereocenters. The number of fused-ring (bicyclic) bond motifs is 2. The third kappa shape index (κ3) is 7.55. The van der Waals surface area contributed by atoms with Gasteiger partial charge in [-0.05, 0) is 90.3 Å². The number of ketones is 2. The lowest BCUT2D eigenvalue weighted by Gasteiger charge is -2.29. The summed E-state index contributed by atoms with van der Waals surface area (Å²) in [5, 5.41) is 11.0. The van der Waals surface area contributed by atoms with Gasteiger partial charge in [0.25, 0.3) is 5.91 Å². The van der Waals surface area contributed by atoms with Gasteiger partial charge in [0.1, 0.15) is 35.4 Å². The van der Waals surface area contributed by atoms with Crippen molar-refractivity contribution in [2.45, 2.75) is 38.3 Å². The summed E-state index contributed by atoms with van der Waals surface area (Å²) in [4.78, 5) is 39.5. The zero-order valence-corrected chi connectivity index (χ0v) is 29.5. The topological polar surface area (TPSA) is 112 Å². The molecule has 5 aromatic rings. The maximum atomic E-state index is 12.9. The summed E-state index contributed by atoms with van der Waals surface area (Å²) in [5.74, 6) is 2.59. The van der Waals surface area contributed by atoms with Crippen LogP contribution in [0.3, 0.4) is 0 Å². The van der Waals surface area contributed by atoms with Crippen LogP contribution in [0.1, 0.15) is 41.6 Å². The Bertz CT molecular complexity index is 2040. The second-order valence-corrected chi connectivity index (χ2v) is 14.1. The lowest BCUT2D eigenvalue weighted by molar-refractivity contribution is -0.133. The Labute approximate surface area is 301 Å². The fraction of sp³-hybridized carbons (Fsp3) is 0.256. The van der Waals surface area contributed by atoms with Gasteiger partial charge in [-0.3, -0.25) is 14.4 Å². The second-order valence-electron chi connectivity index (χ2n) is 12.2. The number of Topliss-reactive ketones (excluding diaryl/α,β-unsaturated/α-hetero) is 2. The van der Waals surface area contributed by atoms with E-state index in [1.165, 1.54) is 0 Å². The fourth-order valence-corrected chi connectivity index (χ4v) is 7.63. The van der Waals surface area contributed by atoms with Gasteiger partial charge in [0.15, 0.2) is 11.5 Å². The first-order chi connectivity index (χ1) is 24.3. The van der Waals surface area contributed by atoms with E-state index in [4.69, 9.17) is 18.9 Å². The first-order valence-corrected chi connectivity index (χ1v) is 18.0. The summed E-state index contributed by atoms with van der Waals surface area (Å²) in [5.41, 5.74) is 2.44. The predicted molar refractivity (Wildman–Crippen MR) is 194 cm³/mol. The molecule has 0 spiro atoms. The number of aromatic hydroxyl groups is 1. The van der Waals surface area contributed by atoms with Crippen molar-refractivity contribution in [3.63, 3.8) is 0 Å². The molecule has 1 aliphatic heterocycles. The summed E-state index contributed by atoms with van der Waals surface area (Å²) in [6.45, 7) is 2.11.